The number of thiophene rings is 1. The molecule has 1 atom stereocenters. The van der Waals surface area contributed by atoms with Crippen LogP contribution in [0.2, 0.25) is 0 Å². The highest BCUT2D eigenvalue weighted by molar-refractivity contribution is 7.20. The molecule has 0 saturated carbocycles. The van der Waals surface area contributed by atoms with Crippen LogP contribution in [0.5, 0.6) is 0 Å². The molecule has 3 heterocycles. The smallest absolute Gasteiger partial charge is 0.261 e. The molecule has 0 aliphatic carbocycles. The molecule has 1 aromatic carbocycles. The SMILES string of the molecule is Cc1cc(C)c2cc(C(=O)NCC3CCN(c4ccccc4)C3)sc2n1. The summed E-state index contributed by atoms with van der Waals surface area (Å²) < 4.78 is 0. The zero-order valence-electron chi connectivity index (χ0n) is 15.2. The van der Waals surface area contributed by atoms with Gasteiger partial charge in [0.15, 0.2) is 0 Å². The molecule has 2 aromatic heterocycles. The van der Waals surface area contributed by atoms with E-state index in [0.29, 0.717) is 5.92 Å². The first-order valence-corrected chi connectivity index (χ1v) is 9.88. The van der Waals surface area contributed by atoms with Gasteiger partial charge in [0.25, 0.3) is 5.91 Å². The fraction of sp³-hybridized carbons (Fsp3) is 0.333. The van der Waals surface area contributed by atoms with E-state index in [1.807, 2.05) is 19.1 Å². The third-order valence-electron chi connectivity index (χ3n) is 5.02. The van der Waals surface area contributed by atoms with Crippen LogP contribution in [0.1, 0.15) is 27.3 Å². The van der Waals surface area contributed by atoms with Gasteiger partial charge in [-0.25, -0.2) is 4.98 Å². The third kappa shape index (κ3) is 3.44. The summed E-state index contributed by atoms with van der Waals surface area (Å²) in [5.74, 6) is 0.513. The number of benzene rings is 1. The predicted octanol–water partition coefficient (Wildman–Crippen LogP) is 4.17. The number of fused-ring (bicyclic) bond motifs is 1. The summed E-state index contributed by atoms with van der Waals surface area (Å²) >= 11 is 1.48. The van der Waals surface area contributed by atoms with E-state index in [-0.39, 0.29) is 5.91 Å². The molecule has 4 rings (SSSR count). The van der Waals surface area contributed by atoms with Crippen LogP contribution in [0.15, 0.2) is 42.5 Å². The minimum atomic E-state index is 0.0169. The Labute approximate surface area is 157 Å². The number of hydrogen-bond donors (Lipinski definition) is 1. The maximum absolute atomic E-state index is 12.6. The number of pyridine rings is 1. The Balaban J connectivity index is 1.38. The fourth-order valence-corrected chi connectivity index (χ4v) is 4.71. The van der Waals surface area contributed by atoms with Gasteiger partial charge in [0.2, 0.25) is 0 Å². The summed E-state index contributed by atoms with van der Waals surface area (Å²) in [7, 11) is 0. The van der Waals surface area contributed by atoms with Gasteiger partial charge in [0.05, 0.1) is 4.88 Å². The molecule has 1 unspecified atom stereocenters. The monoisotopic (exact) mass is 365 g/mol. The number of rotatable bonds is 4. The average molecular weight is 366 g/mol. The molecule has 3 aromatic rings. The molecular weight excluding hydrogens is 342 g/mol. The third-order valence-corrected chi connectivity index (χ3v) is 6.05. The second-order valence-corrected chi connectivity index (χ2v) is 8.09. The van der Waals surface area contributed by atoms with Gasteiger partial charge >= 0.3 is 0 Å². The normalized spacial score (nSPS) is 17.0. The number of hydrogen-bond acceptors (Lipinski definition) is 4. The van der Waals surface area contributed by atoms with Crippen LogP contribution in [0.3, 0.4) is 0 Å². The lowest BCUT2D eigenvalue weighted by Gasteiger charge is -2.18. The lowest BCUT2D eigenvalue weighted by atomic mass is 10.1. The average Bonchev–Trinajstić information content (AvgIpc) is 3.27. The van der Waals surface area contributed by atoms with E-state index in [0.717, 1.165) is 46.8 Å². The van der Waals surface area contributed by atoms with Crippen LogP contribution >= 0.6 is 11.3 Å². The highest BCUT2D eigenvalue weighted by Gasteiger charge is 2.23. The van der Waals surface area contributed by atoms with E-state index in [1.165, 1.54) is 22.6 Å². The van der Waals surface area contributed by atoms with Crippen LogP contribution in [0.4, 0.5) is 5.69 Å². The summed E-state index contributed by atoms with van der Waals surface area (Å²) in [5, 5.41) is 4.21. The Hall–Kier alpha value is -2.40. The first kappa shape index (κ1) is 17.0. The number of para-hydroxylation sites is 1. The molecular formula is C21H23N3OS. The second-order valence-electron chi connectivity index (χ2n) is 7.06. The molecule has 5 heteroatoms. The lowest BCUT2D eigenvalue weighted by Crippen LogP contribution is -2.30. The first-order valence-electron chi connectivity index (χ1n) is 9.06. The van der Waals surface area contributed by atoms with E-state index in [2.05, 4.69) is 52.5 Å². The van der Waals surface area contributed by atoms with Crippen LogP contribution in [0, 0.1) is 19.8 Å². The van der Waals surface area contributed by atoms with Crippen molar-refractivity contribution in [1.29, 1.82) is 0 Å². The van der Waals surface area contributed by atoms with E-state index < -0.39 is 0 Å². The molecule has 0 bridgehead atoms. The predicted molar refractivity (Wildman–Crippen MR) is 108 cm³/mol. The highest BCUT2D eigenvalue weighted by atomic mass is 32.1. The van der Waals surface area contributed by atoms with Crippen molar-refractivity contribution in [2.24, 2.45) is 5.92 Å². The van der Waals surface area contributed by atoms with Crippen molar-refractivity contribution in [3.8, 4) is 0 Å². The van der Waals surface area contributed by atoms with Crippen molar-refractivity contribution in [1.82, 2.24) is 10.3 Å². The molecule has 1 fully saturated rings. The quantitative estimate of drug-likeness (QED) is 0.755. The lowest BCUT2D eigenvalue weighted by molar-refractivity contribution is 0.0952. The van der Waals surface area contributed by atoms with Gasteiger partial charge in [0.1, 0.15) is 4.83 Å². The van der Waals surface area contributed by atoms with E-state index in [1.54, 1.807) is 0 Å². The van der Waals surface area contributed by atoms with E-state index in [9.17, 15) is 4.79 Å². The summed E-state index contributed by atoms with van der Waals surface area (Å²) in [5.41, 5.74) is 3.44. The van der Waals surface area contributed by atoms with Crippen LogP contribution in [-0.4, -0.2) is 30.5 Å². The zero-order valence-corrected chi connectivity index (χ0v) is 16.0. The minimum Gasteiger partial charge on any atom is -0.371 e. The Kier molecular flexibility index (Phi) is 4.64. The minimum absolute atomic E-state index is 0.0169. The van der Waals surface area contributed by atoms with Gasteiger partial charge in [-0.1, -0.05) is 18.2 Å². The van der Waals surface area contributed by atoms with Crippen molar-refractivity contribution in [2.45, 2.75) is 20.3 Å². The first-order chi connectivity index (χ1) is 12.6. The number of aromatic nitrogens is 1. The number of carbonyl (C=O) groups is 1. The molecule has 1 amide bonds. The molecule has 0 radical (unpaired) electrons. The van der Waals surface area contributed by atoms with E-state index >= 15 is 0 Å². The Morgan fingerprint density at radius 3 is 2.88 bits per heavy atom. The summed E-state index contributed by atoms with van der Waals surface area (Å²) in [6.07, 6.45) is 1.11. The maximum atomic E-state index is 12.6. The van der Waals surface area contributed by atoms with Crippen molar-refractivity contribution in [2.75, 3.05) is 24.5 Å². The molecule has 1 N–H and O–H groups in total. The zero-order chi connectivity index (χ0) is 18.1. The van der Waals surface area contributed by atoms with Gasteiger partial charge in [0, 0.05) is 36.4 Å². The number of nitrogens with zero attached hydrogens (tertiary/aromatic N) is 2. The number of anilines is 1. The molecule has 134 valence electrons. The van der Waals surface area contributed by atoms with Crippen LogP contribution in [-0.2, 0) is 0 Å². The van der Waals surface area contributed by atoms with Crippen LogP contribution in [0.25, 0.3) is 10.2 Å². The van der Waals surface area contributed by atoms with Gasteiger partial charge in [-0.3, -0.25) is 4.79 Å². The highest BCUT2D eigenvalue weighted by Crippen LogP contribution is 2.27. The second kappa shape index (κ2) is 7.08. The number of carbonyl (C=O) groups excluding carboxylic acids is 1. The standard InChI is InChI=1S/C21H23N3OS/c1-14-10-15(2)23-21-18(14)11-19(26-21)20(25)22-12-16-8-9-24(13-16)17-6-4-3-5-7-17/h3-7,10-11,16H,8-9,12-13H2,1-2H3,(H,22,25). The summed E-state index contributed by atoms with van der Waals surface area (Å²) in [6, 6.07) is 14.5. The number of amides is 1. The molecule has 1 aliphatic heterocycles. The van der Waals surface area contributed by atoms with Crippen molar-refractivity contribution >= 4 is 33.1 Å². The Morgan fingerprint density at radius 1 is 1.27 bits per heavy atom. The fourth-order valence-electron chi connectivity index (χ4n) is 3.64. The van der Waals surface area contributed by atoms with Gasteiger partial charge < -0.3 is 10.2 Å². The van der Waals surface area contributed by atoms with Crippen molar-refractivity contribution in [3.63, 3.8) is 0 Å². The number of aryl methyl sites for hydroxylation is 2. The van der Waals surface area contributed by atoms with E-state index in [4.69, 9.17) is 0 Å². The summed E-state index contributed by atoms with van der Waals surface area (Å²) in [6.45, 7) is 6.83. The number of nitrogens with one attached hydrogen (secondary N) is 1. The van der Waals surface area contributed by atoms with Gasteiger partial charge in [-0.15, -0.1) is 11.3 Å². The Bertz CT molecular complexity index is 935. The van der Waals surface area contributed by atoms with Crippen LogP contribution < -0.4 is 10.2 Å². The molecule has 1 saturated heterocycles. The van der Waals surface area contributed by atoms with Crippen molar-refractivity contribution in [3.05, 3.63) is 58.6 Å². The molecule has 0 spiro atoms. The maximum Gasteiger partial charge on any atom is 0.261 e. The van der Waals surface area contributed by atoms with Gasteiger partial charge in [-0.05, 0) is 56.0 Å². The molecule has 26 heavy (non-hydrogen) atoms. The van der Waals surface area contributed by atoms with Gasteiger partial charge in [-0.2, -0.15) is 0 Å². The molecule has 4 nitrogen and oxygen atoms in total. The topological polar surface area (TPSA) is 45.2 Å². The largest absolute Gasteiger partial charge is 0.371 e. The van der Waals surface area contributed by atoms with Crippen molar-refractivity contribution < 1.29 is 4.79 Å². The Morgan fingerprint density at radius 2 is 2.08 bits per heavy atom. The summed E-state index contributed by atoms with van der Waals surface area (Å²) in [4.78, 5) is 21.2. The molecule has 1 aliphatic rings.